The normalized spacial score (nSPS) is 11.1. The van der Waals surface area contributed by atoms with Gasteiger partial charge < -0.3 is 0 Å². The van der Waals surface area contributed by atoms with Gasteiger partial charge in [-0.05, 0) is 31.2 Å². The molecule has 0 aliphatic carbocycles. The van der Waals surface area contributed by atoms with Gasteiger partial charge in [-0.15, -0.1) is 0 Å². The number of anilines is 1. The molecule has 0 saturated carbocycles. The molecule has 27 heavy (non-hydrogen) atoms. The lowest BCUT2D eigenvalue weighted by atomic mass is 10.1. The van der Waals surface area contributed by atoms with Crippen LogP contribution in [0.4, 0.5) is 5.69 Å². The lowest BCUT2D eigenvalue weighted by Crippen LogP contribution is -2.25. The van der Waals surface area contributed by atoms with Gasteiger partial charge in [-0.1, -0.05) is 36.4 Å². The van der Waals surface area contributed by atoms with Crippen LogP contribution in [-0.4, -0.2) is 20.9 Å². The van der Waals surface area contributed by atoms with E-state index in [0.717, 1.165) is 0 Å². The molecule has 0 radical (unpaired) electrons. The molecule has 0 bridgehead atoms. The molecule has 2 aromatic carbocycles. The summed E-state index contributed by atoms with van der Waals surface area (Å²) in [5.41, 5.74) is 3.43. The van der Waals surface area contributed by atoms with Gasteiger partial charge in [0.15, 0.2) is 0 Å². The van der Waals surface area contributed by atoms with Crippen molar-refractivity contribution in [1.82, 2.24) is 9.36 Å². The zero-order valence-electron chi connectivity index (χ0n) is 14.9. The predicted octanol–water partition coefficient (Wildman–Crippen LogP) is 2.66. The summed E-state index contributed by atoms with van der Waals surface area (Å²) in [4.78, 5) is 25.7. The summed E-state index contributed by atoms with van der Waals surface area (Å²) in [5, 5.41) is 13.2. The standard InChI is InChI=1S/C20H17N5O2/c1-14-18(20(27)25(24(14)2)16-11-7-4-8-12-16)19(26)17(13-21)23-22-15-9-5-3-6-10-15/h3-12,22H,1-2H3/b23-17-. The third kappa shape index (κ3) is 3.41. The summed E-state index contributed by atoms with van der Waals surface area (Å²) in [6, 6.07) is 19.7. The number of rotatable bonds is 5. The molecule has 0 aliphatic heterocycles. The van der Waals surface area contributed by atoms with Crippen LogP contribution in [0.5, 0.6) is 0 Å². The first-order valence-electron chi connectivity index (χ1n) is 8.22. The van der Waals surface area contributed by atoms with Crippen molar-refractivity contribution in [1.29, 1.82) is 5.26 Å². The summed E-state index contributed by atoms with van der Waals surface area (Å²) in [6.45, 7) is 1.66. The van der Waals surface area contributed by atoms with E-state index in [9.17, 15) is 14.9 Å². The minimum absolute atomic E-state index is 0.0727. The lowest BCUT2D eigenvalue weighted by molar-refractivity contribution is 0.106. The van der Waals surface area contributed by atoms with Gasteiger partial charge in [0.1, 0.15) is 11.6 Å². The molecule has 7 nitrogen and oxygen atoms in total. The molecule has 0 spiro atoms. The van der Waals surface area contributed by atoms with Crippen LogP contribution in [0.25, 0.3) is 5.69 Å². The van der Waals surface area contributed by atoms with E-state index in [1.54, 1.807) is 73.3 Å². The summed E-state index contributed by atoms with van der Waals surface area (Å²) < 4.78 is 2.98. The number of carbonyl (C=O) groups excluding carboxylic acids is 1. The molecular weight excluding hydrogens is 342 g/mol. The highest BCUT2D eigenvalue weighted by Gasteiger charge is 2.26. The fourth-order valence-corrected chi connectivity index (χ4v) is 2.71. The molecule has 3 aromatic rings. The zero-order chi connectivity index (χ0) is 19.4. The van der Waals surface area contributed by atoms with Crippen LogP contribution in [0, 0.1) is 18.3 Å². The quantitative estimate of drug-likeness (QED) is 0.431. The largest absolute Gasteiger partial charge is 0.286 e. The van der Waals surface area contributed by atoms with E-state index in [1.807, 2.05) is 12.1 Å². The van der Waals surface area contributed by atoms with E-state index < -0.39 is 11.3 Å². The number of hydrazone groups is 1. The number of hydrogen-bond acceptors (Lipinski definition) is 5. The Morgan fingerprint density at radius 3 is 2.26 bits per heavy atom. The van der Waals surface area contributed by atoms with Crippen molar-refractivity contribution in [3.05, 3.63) is 82.3 Å². The highest BCUT2D eigenvalue weighted by molar-refractivity contribution is 6.51. The molecule has 0 fully saturated rings. The SMILES string of the molecule is Cc1c(C(=O)/C(C#N)=N\Nc2ccccc2)c(=O)n(-c2ccccc2)n1C. The number of para-hydroxylation sites is 2. The second-order valence-electron chi connectivity index (χ2n) is 5.82. The fourth-order valence-electron chi connectivity index (χ4n) is 2.71. The van der Waals surface area contributed by atoms with Gasteiger partial charge >= 0.3 is 0 Å². The van der Waals surface area contributed by atoms with Crippen LogP contribution in [0.15, 0.2) is 70.6 Å². The average Bonchev–Trinajstić information content (AvgIpc) is 2.92. The summed E-state index contributed by atoms with van der Waals surface area (Å²) in [7, 11) is 1.69. The van der Waals surface area contributed by atoms with Crippen LogP contribution in [0.2, 0.25) is 0 Å². The number of benzene rings is 2. The van der Waals surface area contributed by atoms with Gasteiger partial charge in [0.25, 0.3) is 5.56 Å². The maximum absolute atomic E-state index is 12.9. The number of hydrogen-bond donors (Lipinski definition) is 1. The molecule has 1 heterocycles. The third-order valence-electron chi connectivity index (χ3n) is 4.17. The average molecular weight is 359 g/mol. The van der Waals surface area contributed by atoms with Crippen LogP contribution in [0.1, 0.15) is 16.1 Å². The molecule has 0 unspecified atom stereocenters. The minimum Gasteiger partial charge on any atom is -0.286 e. The Labute approximate surface area is 155 Å². The Bertz CT molecular complexity index is 1100. The van der Waals surface area contributed by atoms with Crippen LogP contribution >= 0.6 is 0 Å². The second-order valence-corrected chi connectivity index (χ2v) is 5.82. The van der Waals surface area contributed by atoms with E-state index >= 15 is 0 Å². The highest BCUT2D eigenvalue weighted by Crippen LogP contribution is 2.12. The maximum atomic E-state index is 12.9. The first-order valence-corrected chi connectivity index (χ1v) is 8.22. The van der Waals surface area contributed by atoms with Gasteiger partial charge in [-0.2, -0.15) is 10.4 Å². The van der Waals surface area contributed by atoms with Gasteiger partial charge in [0.2, 0.25) is 11.5 Å². The topological polar surface area (TPSA) is 92.2 Å². The van der Waals surface area contributed by atoms with Crippen LogP contribution in [0.3, 0.4) is 0 Å². The number of carbonyl (C=O) groups is 1. The molecule has 1 N–H and O–H groups in total. The van der Waals surface area contributed by atoms with E-state index in [-0.39, 0.29) is 11.3 Å². The Morgan fingerprint density at radius 2 is 1.67 bits per heavy atom. The molecule has 1 aromatic heterocycles. The second kappa shape index (κ2) is 7.54. The highest BCUT2D eigenvalue weighted by atomic mass is 16.2. The third-order valence-corrected chi connectivity index (χ3v) is 4.17. The number of nitrogens with one attached hydrogen (secondary N) is 1. The Balaban J connectivity index is 2.02. The molecule has 134 valence electrons. The van der Waals surface area contributed by atoms with Gasteiger partial charge in [-0.3, -0.25) is 19.7 Å². The summed E-state index contributed by atoms with van der Waals surface area (Å²) in [6.07, 6.45) is 0. The monoisotopic (exact) mass is 359 g/mol. The zero-order valence-corrected chi connectivity index (χ0v) is 14.9. The van der Waals surface area contributed by atoms with Crippen LogP contribution in [-0.2, 0) is 7.05 Å². The fraction of sp³-hybridized carbons (Fsp3) is 0.100. The van der Waals surface area contributed by atoms with E-state index in [4.69, 9.17) is 0 Å². The van der Waals surface area contributed by atoms with Crippen molar-refractivity contribution in [2.45, 2.75) is 6.92 Å². The van der Waals surface area contributed by atoms with Crippen molar-refractivity contribution in [3.63, 3.8) is 0 Å². The molecular formula is C20H17N5O2. The number of Topliss-reactive ketones (excluding diaryl/α,β-unsaturated/α-hetero) is 1. The first-order chi connectivity index (χ1) is 13.0. The molecule has 7 heteroatoms. The molecule has 0 saturated heterocycles. The molecule has 3 rings (SSSR count). The Hall–Kier alpha value is -3.92. The van der Waals surface area contributed by atoms with Gasteiger partial charge in [0, 0.05) is 12.7 Å². The summed E-state index contributed by atoms with van der Waals surface area (Å²) >= 11 is 0. The first kappa shape index (κ1) is 17.9. The van der Waals surface area contributed by atoms with Crippen LogP contribution < -0.4 is 11.0 Å². The Kier molecular flexibility index (Phi) is 4.99. The van der Waals surface area contributed by atoms with E-state index in [2.05, 4.69) is 10.5 Å². The number of nitriles is 1. The van der Waals surface area contributed by atoms with Crippen molar-refractivity contribution in [2.24, 2.45) is 12.1 Å². The van der Waals surface area contributed by atoms with Crippen molar-refractivity contribution < 1.29 is 4.79 Å². The van der Waals surface area contributed by atoms with E-state index in [0.29, 0.717) is 17.1 Å². The van der Waals surface area contributed by atoms with Crippen molar-refractivity contribution in [3.8, 4) is 11.8 Å². The predicted molar refractivity (Wildman–Crippen MR) is 103 cm³/mol. The number of ketones is 1. The lowest BCUT2D eigenvalue weighted by Gasteiger charge is -2.07. The minimum atomic E-state index is -0.714. The summed E-state index contributed by atoms with van der Waals surface area (Å²) in [5.74, 6) is -0.714. The van der Waals surface area contributed by atoms with Gasteiger partial charge in [-0.25, -0.2) is 4.68 Å². The number of aromatic nitrogens is 2. The maximum Gasteiger partial charge on any atom is 0.283 e. The molecule has 0 aliphatic rings. The Morgan fingerprint density at radius 1 is 1.07 bits per heavy atom. The molecule has 0 atom stereocenters. The van der Waals surface area contributed by atoms with Crippen molar-refractivity contribution in [2.75, 3.05) is 5.43 Å². The molecule has 0 amide bonds. The number of nitrogens with zero attached hydrogens (tertiary/aromatic N) is 4. The van der Waals surface area contributed by atoms with Crippen molar-refractivity contribution >= 4 is 17.2 Å². The smallest absolute Gasteiger partial charge is 0.283 e. The van der Waals surface area contributed by atoms with Gasteiger partial charge in [0.05, 0.1) is 11.4 Å². The van der Waals surface area contributed by atoms with E-state index in [1.165, 1.54) is 4.68 Å².